The third-order valence-electron chi connectivity index (χ3n) is 13.6. The van der Waals surface area contributed by atoms with Gasteiger partial charge in [-0.1, -0.05) is 90.4 Å². The Morgan fingerprint density at radius 2 is 0.882 bits per heavy atom. The Kier molecular flexibility index (Phi) is 24.3. The Morgan fingerprint density at radius 1 is 0.397 bits per heavy atom. The fourth-order valence-corrected chi connectivity index (χ4v) is 9.11. The molecule has 68 heavy (non-hydrogen) atoms. The Labute approximate surface area is 397 Å². The molecule has 0 saturated carbocycles. The van der Waals surface area contributed by atoms with E-state index < -0.39 is 167 Å². The molecule has 0 radical (unpaired) electrons. The molecule has 24 unspecified atom stereocenters. The number of hydrogen-bond acceptors (Lipinski definition) is 23. The predicted molar refractivity (Wildman–Crippen MR) is 232 cm³/mol. The molecule has 0 bridgehead atoms. The first-order valence-electron chi connectivity index (χ1n) is 24.7. The summed E-state index contributed by atoms with van der Waals surface area (Å²) in [4.78, 5) is 0. The molecule has 5 heterocycles. The Balaban J connectivity index is 1.19. The minimum Gasteiger partial charge on any atom is -0.394 e. The zero-order chi connectivity index (χ0) is 49.7. The molecule has 0 amide bonds. The maximum absolute atomic E-state index is 11.6. The van der Waals surface area contributed by atoms with Crippen molar-refractivity contribution in [2.45, 2.75) is 258 Å². The normalized spacial score (nSPS) is 44.8. The van der Waals surface area contributed by atoms with Crippen LogP contribution in [0.2, 0.25) is 0 Å². The Morgan fingerprint density at radius 3 is 1.50 bits per heavy atom. The van der Waals surface area contributed by atoms with Gasteiger partial charge in [-0.15, -0.1) is 0 Å². The maximum atomic E-state index is 11.6. The van der Waals surface area contributed by atoms with E-state index in [0.717, 1.165) is 19.3 Å². The molecule has 400 valence electrons. The van der Waals surface area contributed by atoms with Crippen molar-refractivity contribution in [3.8, 4) is 0 Å². The van der Waals surface area contributed by atoms with Gasteiger partial charge in [0.05, 0.1) is 32.0 Å². The maximum Gasteiger partial charge on any atom is 0.187 e. The van der Waals surface area contributed by atoms with Crippen LogP contribution in [-0.4, -0.2) is 240 Å². The van der Waals surface area contributed by atoms with Crippen LogP contribution in [0.1, 0.15) is 111 Å². The molecule has 13 N–H and O–H groups in total. The molecule has 5 aliphatic heterocycles. The van der Waals surface area contributed by atoms with Crippen LogP contribution in [0, 0.1) is 0 Å². The standard InChI is InChI=1S/C45H82O23/c1-4-5-6-7-8-9-10-11-12-13-14-15-16-17-18-59-41-35(56)33(54)30(51)26(65-41)21-61-43-37(58)38(28(49)23(3)62-43)66-45-40(68-44-36(57)32(53)27(48)22(2)63-44)39(31(52)25(19-46)64-45)67-42-34(55)29(50)24(47)20-60-42/h22-58H,4-21H2,1-3H3. The lowest BCUT2D eigenvalue weighted by Crippen LogP contribution is -2.68. The zero-order valence-corrected chi connectivity index (χ0v) is 39.5. The number of hydrogen-bond donors (Lipinski definition) is 13. The van der Waals surface area contributed by atoms with Gasteiger partial charge in [-0.2, -0.15) is 0 Å². The summed E-state index contributed by atoms with van der Waals surface area (Å²) < 4.78 is 58.1. The first-order valence-corrected chi connectivity index (χ1v) is 24.7. The molecule has 0 aliphatic carbocycles. The van der Waals surface area contributed by atoms with Crippen molar-refractivity contribution in [1.82, 2.24) is 0 Å². The number of aliphatic hydroxyl groups excluding tert-OH is 13. The topological polar surface area (TPSA) is 355 Å². The number of ether oxygens (including phenoxy) is 10. The van der Waals surface area contributed by atoms with E-state index in [0.29, 0.717) is 6.42 Å². The molecule has 0 aromatic heterocycles. The van der Waals surface area contributed by atoms with Crippen molar-refractivity contribution in [2.75, 3.05) is 26.4 Å². The van der Waals surface area contributed by atoms with E-state index in [1.54, 1.807) is 0 Å². The zero-order valence-electron chi connectivity index (χ0n) is 39.5. The summed E-state index contributed by atoms with van der Waals surface area (Å²) in [6, 6.07) is 0. The second kappa shape index (κ2) is 28.5. The van der Waals surface area contributed by atoms with E-state index in [4.69, 9.17) is 47.4 Å². The van der Waals surface area contributed by atoms with E-state index in [2.05, 4.69) is 6.92 Å². The van der Waals surface area contributed by atoms with E-state index in [-0.39, 0.29) is 6.61 Å². The molecular weight excluding hydrogens is 908 g/mol. The fraction of sp³-hybridized carbons (Fsp3) is 1.00. The average molecular weight is 991 g/mol. The lowest BCUT2D eigenvalue weighted by atomic mass is 9.95. The van der Waals surface area contributed by atoms with Crippen molar-refractivity contribution >= 4 is 0 Å². The molecule has 5 rings (SSSR count). The largest absolute Gasteiger partial charge is 0.394 e. The van der Waals surface area contributed by atoms with Crippen molar-refractivity contribution < 1.29 is 114 Å². The SMILES string of the molecule is CCCCCCCCCCCCCCCCOC1OC(COC2OC(C)C(O)C(OC3OC(CO)C(O)C(OC4OCC(O)C(O)C4O)C3OC3OC(C)C(O)C(O)C3O)C2O)C(O)C(O)C1O. The van der Waals surface area contributed by atoms with Crippen LogP contribution in [-0.2, 0) is 47.4 Å². The molecule has 23 nitrogen and oxygen atoms in total. The van der Waals surface area contributed by atoms with Crippen LogP contribution in [0.25, 0.3) is 0 Å². The summed E-state index contributed by atoms with van der Waals surface area (Å²) in [5, 5.41) is 140. The van der Waals surface area contributed by atoms with E-state index in [9.17, 15) is 66.4 Å². The second-order valence-electron chi connectivity index (χ2n) is 19.0. The minimum atomic E-state index is -1.92. The molecule has 0 spiro atoms. The highest BCUT2D eigenvalue weighted by molar-refractivity contribution is 4.98. The number of rotatable bonds is 26. The first-order chi connectivity index (χ1) is 32.5. The second-order valence-corrected chi connectivity index (χ2v) is 19.0. The van der Waals surface area contributed by atoms with Crippen LogP contribution in [0.15, 0.2) is 0 Å². The molecule has 5 saturated heterocycles. The van der Waals surface area contributed by atoms with Gasteiger partial charge in [-0.3, -0.25) is 0 Å². The van der Waals surface area contributed by atoms with Gasteiger partial charge >= 0.3 is 0 Å². The third-order valence-corrected chi connectivity index (χ3v) is 13.6. The highest BCUT2D eigenvalue weighted by Gasteiger charge is 2.56. The average Bonchev–Trinajstić information content (AvgIpc) is 3.32. The molecule has 5 aliphatic rings. The minimum absolute atomic E-state index is 0.218. The van der Waals surface area contributed by atoms with E-state index >= 15 is 0 Å². The Bertz CT molecular complexity index is 1390. The van der Waals surface area contributed by atoms with Gasteiger partial charge in [0.15, 0.2) is 31.5 Å². The first kappa shape index (κ1) is 58.0. The quantitative estimate of drug-likeness (QED) is 0.0392. The van der Waals surface area contributed by atoms with Crippen LogP contribution < -0.4 is 0 Å². The van der Waals surface area contributed by atoms with Gasteiger partial charge in [0.25, 0.3) is 0 Å². The Hall–Kier alpha value is -0.920. The molecule has 0 aromatic carbocycles. The third kappa shape index (κ3) is 15.3. The van der Waals surface area contributed by atoms with Crippen molar-refractivity contribution in [1.29, 1.82) is 0 Å². The van der Waals surface area contributed by atoms with Crippen LogP contribution >= 0.6 is 0 Å². The lowest BCUT2D eigenvalue weighted by Gasteiger charge is -2.50. The van der Waals surface area contributed by atoms with E-state index in [1.165, 1.54) is 78.1 Å². The number of unbranched alkanes of at least 4 members (excludes halogenated alkanes) is 13. The lowest BCUT2D eigenvalue weighted by molar-refractivity contribution is -0.402. The van der Waals surface area contributed by atoms with Gasteiger partial charge in [0.1, 0.15) is 104 Å². The summed E-state index contributed by atoms with van der Waals surface area (Å²) in [5.41, 5.74) is 0. The molecule has 24 atom stereocenters. The van der Waals surface area contributed by atoms with Crippen molar-refractivity contribution in [3.63, 3.8) is 0 Å². The summed E-state index contributed by atoms with van der Waals surface area (Å²) >= 11 is 0. The predicted octanol–water partition coefficient (Wildman–Crippen LogP) is -2.72. The molecular formula is C45H82O23. The van der Waals surface area contributed by atoms with Gasteiger partial charge in [-0.05, 0) is 20.3 Å². The highest BCUT2D eigenvalue weighted by atomic mass is 16.8. The molecule has 5 fully saturated rings. The monoisotopic (exact) mass is 991 g/mol. The fourth-order valence-electron chi connectivity index (χ4n) is 9.11. The summed E-state index contributed by atoms with van der Waals surface area (Å²) in [5.74, 6) is 0. The highest BCUT2D eigenvalue weighted by Crippen LogP contribution is 2.36. The summed E-state index contributed by atoms with van der Waals surface area (Å²) in [7, 11) is 0. The van der Waals surface area contributed by atoms with Crippen molar-refractivity contribution in [3.05, 3.63) is 0 Å². The van der Waals surface area contributed by atoms with Crippen LogP contribution in [0.5, 0.6) is 0 Å². The van der Waals surface area contributed by atoms with Crippen LogP contribution in [0.4, 0.5) is 0 Å². The molecule has 0 aromatic rings. The molecule has 23 heteroatoms. The summed E-state index contributed by atoms with van der Waals surface area (Å²) in [6.07, 6.45) is -23.1. The van der Waals surface area contributed by atoms with Gasteiger partial charge < -0.3 is 114 Å². The summed E-state index contributed by atoms with van der Waals surface area (Å²) in [6.45, 7) is 3.30. The number of aliphatic hydroxyl groups is 13. The van der Waals surface area contributed by atoms with Crippen LogP contribution in [0.3, 0.4) is 0 Å². The smallest absolute Gasteiger partial charge is 0.187 e. The van der Waals surface area contributed by atoms with Gasteiger partial charge in [-0.25, -0.2) is 0 Å². The van der Waals surface area contributed by atoms with Gasteiger partial charge in [0, 0.05) is 6.61 Å². The van der Waals surface area contributed by atoms with E-state index in [1.807, 2.05) is 0 Å². The van der Waals surface area contributed by atoms with Crippen molar-refractivity contribution in [2.24, 2.45) is 0 Å². The van der Waals surface area contributed by atoms with Gasteiger partial charge in [0.2, 0.25) is 0 Å².